The molecule has 0 aromatic heterocycles. The van der Waals surface area contributed by atoms with Gasteiger partial charge in [0.05, 0.1) is 18.8 Å². The first-order valence-corrected chi connectivity index (χ1v) is 6.80. The van der Waals surface area contributed by atoms with Gasteiger partial charge in [-0.05, 0) is 13.0 Å². The van der Waals surface area contributed by atoms with Crippen LogP contribution >= 0.6 is 0 Å². The monoisotopic (exact) mass is 305 g/mol. The number of carboxylic acids is 1. The summed E-state index contributed by atoms with van der Waals surface area (Å²) in [6.45, 7) is -0.118. The number of aliphatic carboxylic acids is 1. The normalized spacial score (nSPS) is 11.7. The maximum Gasteiger partial charge on any atom is 0.312 e. The van der Waals surface area contributed by atoms with Crippen molar-refractivity contribution in [3.05, 3.63) is 35.9 Å². The van der Waals surface area contributed by atoms with E-state index in [1.165, 1.54) is 0 Å². The maximum absolute atomic E-state index is 11.8. The summed E-state index contributed by atoms with van der Waals surface area (Å²) < 4.78 is 0. The summed E-state index contributed by atoms with van der Waals surface area (Å²) >= 11 is 0. The number of carbonyl (C=O) groups excluding carboxylic acids is 2. The van der Waals surface area contributed by atoms with Crippen molar-refractivity contribution in [3.8, 4) is 0 Å². The van der Waals surface area contributed by atoms with E-state index in [1.807, 2.05) is 6.07 Å². The second-order valence-corrected chi connectivity index (χ2v) is 4.69. The number of carboxylic acid groups (broad SMARTS) is 1. The molecule has 0 heterocycles. The second kappa shape index (κ2) is 8.81. The fourth-order valence-corrected chi connectivity index (χ4v) is 1.87. The number of nitrogens with two attached hydrogens (primary N) is 1. The lowest BCUT2D eigenvalue weighted by atomic mass is 9.96. The van der Waals surface area contributed by atoms with Crippen LogP contribution < -0.4 is 11.1 Å². The first kappa shape index (κ1) is 17.7. The van der Waals surface area contributed by atoms with Crippen LogP contribution in [-0.2, 0) is 9.59 Å². The fraction of sp³-hybridized carbons (Fsp3) is 0.333. The van der Waals surface area contributed by atoms with Gasteiger partial charge in [-0.1, -0.05) is 30.3 Å². The van der Waals surface area contributed by atoms with Gasteiger partial charge in [-0.2, -0.15) is 0 Å². The molecule has 1 unspecified atom stereocenters. The van der Waals surface area contributed by atoms with Crippen molar-refractivity contribution in [2.45, 2.75) is 6.42 Å². The molecular weight excluding hydrogens is 286 g/mol. The molecule has 0 aliphatic rings. The maximum atomic E-state index is 11.8. The number of hydrogen-bond acceptors (Lipinski definition) is 6. The Kier molecular flexibility index (Phi) is 7.07. The highest BCUT2D eigenvalue weighted by Crippen LogP contribution is 2.06. The van der Waals surface area contributed by atoms with Crippen molar-refractivity contribution in [3.63, 3.8) is 0 Å². The summed E-state index contributed by atoms with van der Waals surface area (Å²) in [5, 5.41) is 19.4. The molecule has 5 N–H and O–H groups in total. The van der Waals surface area contributed by atoms with Crippen LogP contribution in [-0.4, -0.2) is 48.0 Å². The van der Waals surface area contributed by atoms with Gasteiger partial charge in [-0.15, -0.1) is 0 Å². The average Bonchev–Trinajstić information content (AvgIpc) is 2.53. The Hall–Kier alpha value is -2.38. The first-order valence-electron chi connectivity index (χ1n) is 6.80. The molecule has 0 fully saturated rings. The van der Waals surface area contributed by atoms with Gasteiger partial charge in [0, 0.05) is 5.56 Å². The Labute approximate surface area is 128 Å². The summed E-state index contributed by atoms with van der Waals surface area (Å²) in [5.41, 5.74) is 5.18. The largest absolute Gasteiger partial charge is 0.481 e. The van der Waals surface area contributed by atoms with Crippen LogP contribution in [0.1, 0.15) is 16.8 Å². The molecule has 1 aromatic carbocycles. The molecule has 1 aromatic rings. The summed E-state index contributed by atoms with van der Waals surface area (Å²) in [4.78, 5) is 34.2. The Morgan fingerprint density at radius 2 is 1.86 bits per heavy atom. The zero-order valence-electron chi connectivity index (χ0n) is 12.0. The van der Waals surface area contributed by atoms with Crippen LogP contribution in [0.3, 0.4) is 0 Å². The van der Waals surface area contributed by atoms with E-state index >= 15 is 0 Å². The molecule has 118 valence electrons. The summed E-state index contributed by atoms with van der Waals surface area (Å²) in [6.07, 6.45) is 0.0436. The number of ketones is 2. The molecule has 0 radical (unpaired) electrons. The van der Waals surface area contributed by atoms with Crippen molar-refractivity contribution in [1.29, 1.82) is 5.41 Å². The molecule has 0 aliphatic heterocycles. The second-order valence-electron chi connectivity index (χ2n) is 4.69. The topological polar surface area (TPSA) is 133 Å². The van der Waals surface area contributed by atoms with Gasteiger partial charge in [0.15, 0.2) is 11.6 Å². The van der Waals surface area contributed by atoms with Crippen LogP contribution in [0.4, 0.5) is 0 Å². The van der Waals surface area contributed by atoms with E-state index < -0.39 is 23.4 Å². The summed E-state index contributed by atoms with van der Waals surface area (Å²) in [7, 11) is 0. The van der Waals surface area contributed by atoms with E-state index in [9.17, 15) is 14.4 Å². The zero-order chi connectivity index (χ0) is 16.5. The number of hydrogen-bond donors (Lipinski definition) is 4. The third-order valence-electron chi connectivity index (χ3n) is 3.12. The van der Waals surface area contributed by atoms with Gasteiger partial charge in [0.1, 0.15) is 5.92 Å². The van der Waals surface area contributed by atoms with Crippen molar-refractivity contribution in [2.24, 2.45) is 11.7 Å². The van der Waals surface area contributed by atoms with Gasteiger partial charge in [-0.3, -0.25) is 14.4 Å². The Balaban J connectivity index is 2.44. The van der Waals surface area contributed by atoms with E-state index in [0.717, 1.165) is 0 Å². The number of Topliss-reactive ketones (excluding diaryl/α,β-unsaturated/α-hetero) is 2. The van der Waals surface area contributed by atoms with Crippen LogP contribution in [0, 0.1) is 11.3 Å². The minimum atomic E-state index is -1.25. The van der Waals surface area contributed by atoms with E-state index in [1.54, 1.807) is 24.3 Å². The van der Waals surface area contributed by atoms with Gasteiger partial charge in [0.25, 0.3) is 0 Å². The van der Waals surface area contributed by atoms with E-state index in [-0.39, 0.29) is 31.8 Å². The third-order valence-corrected chi connectivity index (χ3v) is 3.12. The van der Waals surface area contributed by atoms with Crippen LogP contribution in [0.15, 0.2) is 30.3 Å². The fourth-order valence-electron chi connectivity index (χ4n) is 1.87. The summed E-state index contributed by atoms with van der Waals surface area (Å²) in [5.74, 6) is -3.26. The SMILES string of the molecule is N=C(C(=O)CN)C(CCNCC(=O)c1ccccc1)C(=O)O. The predicted molar refractivity (Wildman–Crippen MR) is 81.2 cm³/mol. The number of rotatable bonds is 10. The Morgan fingerprint density at radius 1 is 1.23 bits per heavy atom. The highest BCUT2D eigenvalue weighted by atomic mass is 16.4. The molecule has 7 heteroatoms. The van der Waals surface area contributed by atoms with E-state index in [0.29, 0.717) is 5.56 Å². The van der Waals surface area contributed by atoms with Crippen LogP contribution in [0.25, 0.3) is 0 Å². The quantitative estimate of drug-likeness (QED) is 0.275. The molecular formula is C15H19N3O4. The molecule has 0 saturated carbocycles. The Morgan fingerprint density at radius 3 is 2.41 bits per heavy atom. The number of benzene rings is 1. The van der Waals surface area contributed by atoms with Crippen LogP contribution in [0.5, 0.6) is 0 Å². The Bertz CT molecular complexity index is 557. The standard InChI is InChI=1S/C15H19N3O4/c16-8-12(19)14(17)11(15(21)22)6-7-18-9-13(20)10-4-2-1-3-5-10/h1-5,11,17-18H,6-9,16H2,(H,21,22). The number of nitrogens with one attached hydrogen (secondary N) is 2. The molecule has 7 nitrogen and oxygen atoms in total. The van der Waals surface area contributed by atoms with E-state index in [4.69, 9.17) is 16.2 Å². The van der Waals surface area contributed by atoms with Crippen molar-refractivity contribution in [2.75, 3.05) is 19.6 Å². The van der Waals surface area contributed by atoms with Gasteiger partial charge in [-0.25, -0.2) is 0 Å². The van der Waals surface area contributed by atoms with Crippen molar-refractivity contribution in [1.82, 2.24) is 5.32 Å². The lowest BCUT2D eigenvalue weighted by Gasteiger charge is -2.12. The number of carbonyl (C=O) groups is 3. The smallest absolute Gasteiger partial charge is 0.312 e. The molecule has 0 amide bonds. The zero-order valence-corrected chi connectivity index (χ0v) is 12.0. The molecule has 0 saturated heterocycles. The molecule has 0 spiro atoms. The van der Waals surface area contributed by atoms with Gasteiger partial charge < -0.3 is 21.6 Å². The highest BCUT2D eigenvalue weighted by molar-refractivity contribution is 6.42. The van der Waals surface area contributed by atoms with Gasteiger partial charge in [0.2, 0.25) is 0 Å². The van der Waals surface area contributed by atoms with Crippen LogP contribution in [0.2, 0.25) is 0 Å². The van der Waals surface area contributed by atoms with E-state index in [2.05, 4.69) is 5.32 Å². The van der Waals surface area contributed by atoms with Crippen molar-refractivity contribution < 1.29 is 19.5 Å². The molecule has 1 atom stereocenters. The highest BCUT2D eigenvalue weighted by Gasteiger charge is 2.26. The molecule has 1 rings (SSSR count). The third kappa shape index (κ3) is 5.19. The molecule has 0 aliphatic carbocycles. The van der Waals surface area contributed by atoms with Crippen molar-refractivity contribution >= 4 is 23.2 Å². The van der Waals surface area contributed by atoms with Gasteiger partial charge >= 0.3 is 5.97 Å². The lowest BCUT2D eigenvalue weighted by Crippen LogP contribution is -2.36. The molecule has 0 bridgehead atoms. The lowest BCUT2D eigenvalue weighted by molar-refractivity contribution is -0.140. The predicted octanol–water partition coefficient (Wildman–Crippen LogP) is 0.0974. The minimum absolute atomic E-state index is 0.0436. The minimum Gasteiger partial charge on any atom is -0.481 e. The average molecular weight is 305 g/mol. The first-order chi connectivity index (χ1) is 10.5. The molecule has 22 heavy (non-hydrogen) atoms. The summed E-state index contributed by atoms with van der Waals surface area (Å²) in [6, 6.07) is 8.71.